The third kappa shape index (κ3) is 15.9. The standard InChI is InChI=1S/C18H27F3N2O9P2/c1-13(6-4-8-14(2)10-11-31-34(28,29)32-33(25,26)27)7-5-9-15(3)12-30-17(24)16(23-22)18(19,20)21/h6,9-10H,4-5,7-8,11-12H2,1-3H3,(H,28,29)(H2,25,26,27)/b13-6+,14-10+,15-9+. The second kappa shape index (κ2) is 14.5. The molecule has 3 N–H and O–H groups in total. The zero-order valence-corrected chi connectivity index (χ0v) is 20.5. The molecule has 0 aliphatic carbocycles. The average molecular weight is 534 g/mol. The third-order valence-corrected chi connectivity index (χ3v) is 6.09. The highest BCUT2D eigenvalue weighted by molar-refractivity contribution is 7.60. The van der Waals surface area contributed by atoms with Crippen LogP contribution in [0.2, 0.25) is 0 Å². The molecule has 0 aromatic carbocycles. The molecule has 0 heterocycles. The van der Waals surface area contributed by atoms with Gasteiger partial charge in [0, 0.05) is 0 Å². The van der Waals surface area contributed by atoms with Crippen molar-refractivity contribution in [2.24, 2.45) is 0 Å². The number of alkyl halides is 3. The summed E-state index contributed by atoms with van der Waals surface area (Å²) < 4.78 is 71.7. The number of allylic oxidation sites excluding steroid dienone is 4. The number of halogens is 3. The molecule has 0 radical (unpaired) electrons. The summed E-state index contributed by atoms with van der Waals surface area (Å²) in [4.78, 5) is 39.4. The average Bonchev–Trinajstić information content (AvgIpc) is 2.63. The van der Waals surface area contributed by atoms with Crippen molar-refractivity contribution in [2.45, 2.75) is 52.6 Å². The number of esters is 1. The van der Waals surface area contributed by atoms with E-state index in [4.69, 9.17) is 20.2 Å². The zero-order valence-electron chi connectivity index (χ0n) is 18.7. The maximum absolute atomic E-state index is 12.4. The molecular weight excluding hydrogens is 507 g/mol. The fourth-order valence-corrected chi connectivity index (χ4v) is 3.77. The lowest BCUT2D eigenvalue weighted by Gasteiger charge is -2.11. The van der Waals surface area contributed by atoms with Crippen molar-refractivity contribution < 1.29 is 60.1 Å². The minimum atomic E-state index is -5.16. The number of carbonyl (C=O) groups is 1. The van der Waals surface area contributed by atoms with Gasteiger partial charge in [-0.05, 0) is 52.0 Å². The quantitative estimate of drug-likeness (QED) is 0.0729. The number of carbonyl (C=O) groups excluding carboxylic acids is 1. The summed E-state index contributed by atoms with van der Waals surface area (Å²) >= 11 is 0. The fraction of sp³-hybridized carbons (Fsp3) is 0.556. The van der Waals surface area contributed by atoms with Crippen LogP contribution in [-0.4, -0.2) is 50.5 Å². The third-order valence-electron chi connectivity index (χ3n) is 3.93. The van der Waals surface area contributed by atoms with E-state index in [-0.39, 0.29) is 13.2 Å². The van der Waals surface area contributed by atoms with E-state index >= 15 is 0 Å². The number of hydrogen-bond acceptors (Lipinski definition) is 6. The predicted molar refractivity (Wildman–Crippen MR) is 114 cm³/mol. The van der Waals surface area contributed by atoms with Crippen LogP contribution in [0.3, 0.4) is 0 Å². The van der Waals surface area contributed by atoms with Gasteiger partial charge in [0.1, 0.15) is 6.61 Å². The van der Waals surface area contributed by atoms with Gasteiger partial charge in [-0.15, -0.1) is 0 Å². The summed E-state index contributed by atoms with van der Waals surface area (Å²) in [6.45, 7) is 4.41. The molecule has 0 amide bonds. The minimum absolute atomic E-state index is 0.383. The van der Waals surface area contributed by atoms with Crippen LogP contribution in [0.5, 0.6) is 0 Å². The Morgan fingerprint density at radius 3 is 1.94 bits per heavy atom. The Labute approximate surface area is 194 Å². The molecule has 11 nitrogen and oxygen atoms in total. The molecule has 0 aromatic rings. The summed E-state index contributed by atoms with van der Waals surface area (Å²) in [5.41, 5.74) is 8.60. The molecule has 1 atom stereocenters. The maximum Gasteiger partial charge on any atom is 0.503 e. The van der Waals surface area contributed by atoms with Crippen LogP contribution in [0.4, 0.5) is 13.2 Å². The van der Waals surface area contributed by atoms with E-state index in [1.165, 1.54) is 6.08 Å². The van der Waals surface area contributed by atoms with Crippen LogP contribution in [-0.2, 0) is 27.5 Å². The van der Waals surface area contributed by atoms with Gasteiger partial charge in [-0.2, -0.15) is 22.3 Å². The van der Waals surface area contributed by atoms with Crippen LogP contribution in [0.1, 0.15) is 46.5 Å². The lowest BCUT2D eigenvalue weighted by molar-refractivity contribution is -0.153. The van der Waals surface area contributed by atoms with Crippen molar-refractivity contribution in [3.63, 3.8) is 0 Å². The van der Waals surface area contributed by atoms with Crippen LogP contribution >= 0.6 is 15.6 Å². The van der Waals surface area contributed by atoms with Gasteiger partial charge in [0.2, 0.25) is 0 Å². The number of rotatable bonds is 14. The van der Waals surface area contributed by atoms with Crippen molar-refractivity contribution >= 4 is 27.3 Å². The SMILES string of the molecule is C/C(=C\CC/C(C)=C/COP(=O)(O)OP(=O)(O)O)CC/C=C(\C)COC(=O)C(=[N+]=[N-])C(F)(F)F. The number of ether oxygens (including phenoxy) is 1. The summed E-state index contributed by atoms with van der Waals surface area (Å²) in [7, 11) is -10.0. The molecule has 16 heteroatoms. The molecule has 0 aliphatic heterocycles. The minimum Gasteiger partial charge on any atom is -0.452 e. The highest BCUT2D eigenvalue weighted by Crippen LogP contribution is 2.57. The molecule has 0 bridgehead atoms. The molecule has 0 rings (SSSR count). The summed E-state index contributed by atoms with van der Waals surface area (Å²) in [6, 6.07) is 0. The largest absolute Gasteiger partial charge is 0.503 e. The first-order valence-electron chi connectivity index (χ1n) is 9.64. The van der Waals surface area contributed by atoms with Crippen molar-refractivity contribution in [3.8, 4) is 0 Å². The van der Waals surface area contributed by atoms with E-state index in [2.05, 4.69) is 13.6 Å². The summed E-state index contributed by atoms with van der Waals surface area (Å²) in [6.07, 6.45) is 2.38. The van der Waals surface area contributed by atoms with Crippen LogP contribution in [0, 0.1) is 0 Å². The molecule has 0 saturated carbocycles. The first-order chi connectivity index (χ1) is 15.5. The van der Waals surface area contributed by atoms with Gasteiger partial charge in [0.25, 0.3) is 0 Å². The van der Waals surface area contributed by atoms with E-state index in [9.17, 15) is 27.1 Å². The van der Waals surface area contributed by atoms with Crippen molar-refractivity contribution in [3.05, 3.63) is 40.5 Å². The van der Waals surface area contributed by atoms with Crippen molar-refractivity contribution in [2.75, 3.05) is 13.2 Å². The Balaban J connectivity index is 4.40. The van der Waals surface area contributed by atoms with Gasteiger partial charge in [0.05, 0.1) is 6.61 Å². The first-order valence-corrected chi connectivity index (χ1v) is 12.7. The summed E-state index contributed by atoms with van der Waals surface area (Å²) in [5.74, 6) is -1.77. The molecule has 0 aliphatic rings. The number of phosphoric ester groups is 1. The smallest absolute Gasteiger partial charge is 0.452 e. The van der Waals surface area contributed by atoms with E-state index in [1.807, 2.05) is 17.8 Å². The van der Waals surface area contributed by atoms with Gasteiger partial charge >= 0.3 is 33.5 Å². The Morgan fingerprint density at radius 1 is 0.971 bits per heavy atom. The highest BCUT2D eigenvalue weighted by Gasteiger charge is 2.51. The summed E-state index contributed by atoms with van der Waals surface area (Å²) in [5, 5.41) is 0. The van der Waals surface area contributed by atoms with E-state index < -0.39 is 33.5 Å². The van der Waals surface area contributed by atoms with Gasteiger partial charge in [0.15, 0.2) is 0 Å². The van der Waals surface area contributed by atoms with Gasteiger partial charge in [-0.3, -0.25) is 4.52 Å². The lowest BCUT2D eigenvalue weighted by Crippen LogP contribution is -2.33. The Hall–Kier alpha value is -1.88. The molecular formula is C18H27F3N2O9P2. The van der Waals surface area contributed by atoms with E-state index in [0.29, 0.717) is 31.3 Å². The maximum atomic E-state index is 12.4. The Kier molecular flexibility index (Phi) is 13.7. The normalized spacial score (nSPS) is 15.5. The fourth-order valence-electron chi connectivity index (χ4n) is 2.25. The number of hydrogen-bond donors (Lipinski definition) is 3. The zero-order chi connectivity index (χ0) is 26.6. The van der Waals surface area contributed by atoms with Gasteiger partial charge in [-0.25, -0.2) is 13.9 Å². The Bertz CT molecular complexity index is 949. The van der Waals surface area contributed by atoms with Crippen LogP contribution in [0.25, 0.3) is 5.53 Å². The van der Waals surface area contributed by atoms with Crippen LogP contribution < -0.4 is 0 Å². The first kappa shape index (κ1) is 32.1. The molecule has 194 valence electrons. The molecule has 0 aromatic heterocycles. The molecule has 0 spiro atoms. The number of nitrogens with zero attached hydrogens (tertiary/aromatic N) is 2. The second-order valence-electron chi connectivity index (χ2n) is 7.09. The second-order valence-corrected chi connectivity index (χ2v) is 9.92. The lowest BCUT2D eigenvalue weighted by atomic mass is 10.1. The van der Waals surface area contributed by atoms with Crippen LogP contribution in [0.15, 0.2) is 34.9 Å². The van der Waals surface area contributed by atoms with Crippen molar-refractivity contribution in [1.29, 1.82) is 0 Å². The molecule has 0 fully saturated rings. The van der Waals surface area contributed by atoms with Gasteiger partial charge in [-0.1, -0.05) is 29.4 Å². The predicted octanol–water partition coefficient (Wildman–Crippen LogP) is 4.39. The van der Waals surface area contributed by atoms with Gasteiger partial charge < -0.3 is 24.9 Å². The van der Waals surface area contributed by atoms with Crippen molar-refractivity contribution in [1.82, 2.24) is 0 Å². The molecule has 1 unspecified atom stereocenters. The van der Waals surface area contributed by atoms with E-state index in [0.717, 1.165) is 11.1 Å². The molecule has 34 heavy (non-hydrogen) atoms. The monoisotopic (exact) mass is 534 g/mol. The molecule has 0 saturated heterocycles. The number of phosphoric acid groups is 2. The topological polar surface area (TPSA) is 176 Å². The highest BCUT2D eigenvalue weighted by atomic mass is 31.3. The van der Waals surface area contributed by atoms with E-state index in [1.54, 1.807) is 19.9 Å². The Morgan fingerprint density at radius 2 is 1.47 bits per heavy atom.